The Morgan fingerprint density at radius 3 is 2.83 bits per heavy atom. The van der Waals surface area contributed by atoms with Crippen LogP contribution in [0.25, 0.3) is 0 Å². The van der Waals surface area contributed by atoms with Crippen LogP contribution in [-0.2, 0) is 19.3 Å². The van der Waals surface area contributed by atoms with E-state index in [-0.39, 0.29) is 0 Å². The molecular formula is C16H24N2. The minimum absolute atomic E-state index is 0.480. The third kappa shape index (κ3) is 2.76. The maximum atomic E-state index is 5.79. The Balaban J connectivity index is 1.40. The lowest BCUT2D eigenvalue weighted by Gasteiger charge is -2.32. The van der Waals surface area contributed by atoms with E-state index in [1.165, 1.54) is 37.7 Å². The SMILES string of the molecule is NC1CC(CNCCc2ccc3c(c2)CCC3)C1. The number of rotatable bonds is 5. The maximum absolute atomic E-state index is 5.79. The molecule has 0 aliphatic heterocycles. The van der Waals surface area contributed by atoms with Crippen LogP contribution in [0.15, 0.2) is 18.2 Å². The van der Waals surface area contributed by atoms with E-state index in [1.807, 2.05) is 0 Å². The van der Waals surface area contributed by atoms with Crippen molar-refractivity contribution in [1.29, 1.82) is 0 Å². The van der Waals surface area contributed by atoms with Crippen molar-refractivity contribution in [2.24, 2.45) is 11.7 Å². The van der Waals surface area contributed by atoms with Gasteiger partial charge < -0.3 is 11.1 Å². The summed E-state index contributed by atoms with van der Waals surface area (Å²) in [6.07, 6.45) is 7.51. The molecule has 0 saturated heterocycles. The van der Waals surface area contributed by atoms with E-state index in [0.717, 1.165) is 25.4 Å². The lowest BCUT2D eigenvalue weighted by molar-refractivity contribution is 0.257. The van der Waals surface area contributed by atoms with E-state index >= 15 is 0 Å². The van der Waals surface area contributed by atoms with Crippen molar-refractivity contribution >= 4 is 0 Å². The Kier molecular flexibility index (Phi) is 3.67. The van der Waals surface area contributed by atoms with E-state index in [9.17, 15) is 0 Å². The summed E-state index contributed by atoms with van der Waals surface area (Å²) in [5.41, 5.74) is 10.5. The fourth-order valence-corrected chi connectivity index (χ4v) is 3.27. The summed E-state index contributed by atoms with van der Waals surface area (Å²) < 4.78 is 0. The van der Waals surface area contributed by atoms with E-state index in [2.05, 4.69) is 23.5 Å². The number of benzene rings is 1. The first-order chi connectivity index (χ1) is 8.81. The Morgan fingerprint density at radius 1 is 1.17 bits per heavy atom. The van der Waals surface area contributed by atoms with Gasteiger partial charge in [0.1, 0.15) is 0 Å². The molecule has 0 amide bonds. The zero-order chi connectivity index (χ0) is 12.4. The molecule has 98 valence electrons. The highest BCUT2D eigenvalue weighted by Crippen LogP contribution is 2.24. The molecule has 0 heterocycles. The van der Waals surface area contributed by atoms with E-state index in [1.54, 1.807) is 11.1 Å². The lowest BCUT2D eigenvalue weighted by atomic mass is 9.81. The first-order valence-corrected chi connectivity index (χ1v) is 7.38. The summed E-state index contributed by atoms with van der Waals surface area (Å²) >= 11 is 0. The van der Waals surface area contributed by atoms with Gasteiger partial charge >= 0.3 is 0 Å². The standard InChI is InChI=1S/C16H24N2/c17-16-9-13(10-16)11-18-7-6-12-4-5-14-2-1-3-15(14)8-12/h4-5,8,13,16,18H,1-3,6-7,9-11,17H2. The van der Waals surface area contributed by atoms with Crippen LogP contribution in [0.2, 0.25) is 0 Å². The molecule has 0 aromatic heterocycles. The summed E-state index contributed by atoms with van der Waals surface area (Å²) in [6, 6.07) is 7.55. The van der Waals surface area contributed by atoms with Gasteiger partial charge in [-0.05, 0) is 74.2 Å². The molecule has 1 aromatic rings. The number of hydrogen-bond donors (Lipinski definition) is 2. The lowest BCUT2D eigenvalue weighted by Crippen LogP contribution is -2.41. The van der Waals surface area contributed by atoms with E-state index in [0.29, 0.717) is 6.04 Å². The molecule has 1 fully saturated rings. The number of fused-ring (bicyclic) bond motifs is 1. The van der Waals surface area contributed by atoms with Crippen LogP contribution in [0.5, 0.6) is 0 Å². The fourth-order valence-electron chi connectivity index (χ4n) is 3.27. The smallest absolute Gasteiger partial charge is 0.00450 e. The van der Waals surface area contributed by atoms with Crippen LogP contribution in [0.1, 0.15) is 36.0 Å². The van der Waals surface area contributed by atoms with Crippen LogP contribution in [0.4, 0.5) is 0 Å². The normalized spacial score (nSPS) is 25.8. The highest BCUT2D eigenvalue weighted by molar-refractivity contribution is 5.35. The molecule has 2 aliphatic rings. The number of nitrogens with two attached hydrogens (primary N) is 1. The number of nitrogens with one attached hydrogen (secondary N) is 1. The van der Waals surface area contributed by atoms with E-state index in [4.69, 9.17) is 5.73 Å². The number of hydrogen-bond acceptors (Lipinski definition) is 2. The highest BCUT2D eigenvalue weighted by atomic mass is 14.9. The zero-order valence-corrected chi connectivity index (χ0v) is 11.1. The van der Waals surface area contributed by atoms with Crippen molar-refractivity contribution < 1.29 is 0 Å². The monoisotopic (exact) mass is 244 g/mol. The van der Waals surface area contributed by atoms with Gasteiger partial charge in [0, 0.05) is 6.04 Å². The van der Waals surface area contributed by atoms with Gasteiger partial charge in [-0.2, -0.15) is 0 Å². The molecule has 0 spiro atoms. The van der Waals surface area contributed by atoms with Gasteiger partial charge in [0.15, 0.2) is 0 Å². The van der Waals surface area contributed by atoms with Gasteiger partial charge in [0.25, 0.3) is 0 Å². The minimum Gasteiger partial charge on any atom is -0.328 e. The maximum Gasteiger partial charge on any atom is 0.00450 e. The molecule has 3 N–H and O–H groups in total. The van der Waals surface area contributed by atoms with Crippen molar-refractivity contribution in [3.63, 3.8) is 0 Å². The average Bonchev–Trinajstić information content (AvgIpc) is 2.79. The van der Waals surface area contributed by atoms with Crippen LogP contribution >= 0.6 is 0 Å². The van der Waals surface area contributed by atoms with Crippen molar-refractivity contribution in [3.8, 4) is 0 Å². The molecule has 0 atom stereocenters. The van der Waals surface area contributed by atoms with Crippen molar-refractivity contribution in [2.45, 2.75) is 44.6 Å². The summed E-state index contributed by atoms with van der Waals surface area (Å²) in [7, 11) is 0. The number of aryl methyl sites for hydroxylation is 2. The van der Waals surface area contributed by atoms with Gasteiger partial charge in [-0.1, -0.05) is 18.2 Å². The second kappa shape index (κ2) is 5.41. The second-order valence-corrected chi connectivity index (χ2v) is 6.01. The zero-order valence-electron chi connectivity index (χ0n) is 11.1. The largest absolute Gasteiger partial charge is 0.328 e. The van der Waals surface area contributed by atoms with Crippen molar-refractivity contribution in [2.75, 3.05) is 13.1 Å². The molecule has 2 heteroatoms. The minimum atomic E-state index is 0.480. The summed E-state index contributed by atoms with van der Waals surface area (Å²) in [4.78, 5) is 0. The van der Waals surface area contributed by atoms with Crippen LogP contribution in [0, 0.1) is 5.92 Å². The first kappa shape index (κ1) is 12.2. The summed E-state index contributed by atoms with van der Waals surface area (Å²) in [6.45, 7) is 2.25. The van der Waals surface area contributed by atoms with Gasteiger partial charge in [-0.15, -0.1) is 0 Å². The molecular weight excluding hydrogens is 220 g/mol. The molecule has 0 unspecified atom stereocenters. The first-order valence-electron chi connectivity index (χ1n) is 7.38. The van der Waals surface area contributed by atoms with Gasteiger partial charge in [0.05, 0.1) is 0 Å². The molecule has 1 aromatic carbocycles. The van der Waals surface area contributed by atoms with Crippen LogP contribution in [0.3, 0.4) is 0 Å². The van der Waals surface area contributed by atoms with Gasteiger partial charge in [-0.3, -0.25) is 0 Å². The molecule has 1 saturated carbocycles. The van der Waals surface area contributed by atoms with Crippen LogP contribution < -0.4 is 11.1 Å². The topological polar surface area (TPSA) is 38.0 Å². The Morgan fingerprint density at radius 2 is 2.00 bits per heavy atom. The molecule has 2 nitrogen and oxygen atoms in total. The quantitative estimate of drug-likeness (QED) is 0.778. The molecule has 0 radical (unpaired) electrons. The van der Waals surface area contributed by atoms with Crippen molar-refractivity contribution in [1.82, 2.24) is 5.32 Å². The van der Waals surface area contributed by atoms with Crippen molar-refractivity contribution in [3.05, 3.63) is 34.9 Å². The van der Waals surface area contributed by atoms with Gasteiger partial charge in [0.2, 0.25) is 0 Å². The average molecular weight is 244 g/mol. The molecule has 2 aliphatic carbocycles. The summed E-state index contributed by atoms with van der Waals surface area (Å²) in [5, 5.41) is 3.57. The molecule has 0 bridgehead atoms. The van der Waals surface area contributed by atoms with Crippen LogP contribution in [-0.4, -0.2) is 19.1 Å². The predicted molar refractivity (Wildman–Crippen MR) is 75.7 cm³/mol. The van der Waals surface area contributed by atoms with Gasteiger partial charge in [-0.25, -0.2) is 0 Å². The predicted octanol–water partition coefficient (Wildman–Crippen LogP) is 2.04. The third-order valence-corrected chi connectivity index (χ3v) is 4.46. The summed E-state index contributed by atoms with van der Waals surface area (Å²) in [5.74, 6) is 0.833. The Hall–Kier alpha value is -0.860. The fraction of sp³-hybridized carbons (Fsp3) is 0.625. The third-order valence-electron chi connectivity index (χ3n) is 4.46. The second-order valence-electron chi connectivity index (χ2n) is 6.01. The Bertz CT molecular complexity index is 408. The molecule has 18 heavy (non-hydrogen) atoms. The highest BCUT2D eigenvalue weighted by Gasteiger charge is 2.24. The van der Waals surface area contributed by atoms with E-state index < -0.39 is 0 Å². The Labute approximate surface area is 110 Å². The molecule has 3 rings (SSSR count).